The second-order valence-corrected chi connectivity index (χ2v) is 7.24. The van der Waals surface area contributed by atoms with E-state index in [1.54, 1.807) is 31.3 Å². The second kappa shape index (κ2) is 8.26. The third kappa shape index (κ3) is 4.50. The van der Waals surface area contributed by atoms with E-state index in [4.69, 9.17) is 4.52 Å². The third-order valence-corrected chi connectivity index (χ3v) is 5.06. The van der Waals surface area contributed by atoms with Crippen molar-refractivity contribution in [3.05, 3.63) is 53.5 Å². The van der Waals surface area contributed by atoms with Crippen molar-refractivity contribution in [2.75, 3.05) is 19.6 Å². The Morgan fingerprint density at radius 3 is 2.83 bits per heavy atom. The fourth-order valence-corrected chi connectivity index (χ4v) is 3.47. The lowest BCUT2D eigenvalue weighted by atomic mass is 10.1. The molecule has 1 aromatic carbocycles. The normalized spacial score (nSPS) is 16.2. The van der Waals surface area contributed by atoms with Crippen molar-refractivity contribution in [2.45, 2.75) is 19.8 Å². The van der Waals surface area contributed by atoms with E-state index in [0.717, 1.165) is 17.7 Å². The second-order valence-electron chi connectivity index (χ2n) is 7.24. The fourth-order valence-electron chi connectivity index (χ4n) is 3.47. The van der Waals surface area contributed by atoms with Gasteiger partial charge in [0.05, 0.1) is 18.3 Å². The SMILES string of the molecule is Cc1cc(CC(=O)N2CCC(CNC(=O)c3ccc(-c4cn[nH]n4)cc3)C2)no1. The van der Waals surface area contributed by atoms with Crippen LogP contribution in [0.1, 0.15) is 28.2 Å². The Bertz CT molecular complexity index is 980. The number of hydrogen-bond donors (Lipinski definition) is 2. The van der Waals surface area contributed by atoms with Crippen LogP contribution < -0.4 is 5.32 Å². The predicted molar refractivity (Wildman–Crippen MR) is 104 cm³/mol. The minimum Gasteiger partial charge on any atom is -0.361 e. The standard InChI is InChI=1S/C20H22N6O3/c1-13-8-17(24-29-13)9-19(27)26-7-6-14(12-26)10-21-20(28)16-4-2-15(3-5-16)18-11-22-25-23-18/h2-5,8,11,14H,6-7,9-10,12H2,1H3,(H,21,28)(H,22,23,25). The average molecular weight is 394 g/mol. The van der Waals surface area contributed by atoms with E-state index in [9.17, 15) is 9.59 Å². The molecule has 9 heteroatoms. The monoisotopic (exact) mass is 394 g/mol. The Morgan fingerprint density at radius 1 is 1.31 bits per heavy atom. The molecule has 0 bridgehead atoms. The summed E-state index contributed by atoms with van der Waals surface area (Å²) in [4.78, 5) is 26.6. The Labute approximate surface area is 167 Å². The van der Waals surface area contributed by atoms with E-state index in [1.165, 1.54) is 0 Å². The maximum atomic E-state index is 12.4. The van der Waals surface area contributed by atoms with E-state index < -0.39 is 0 Å². The number of benzene rings is 1. The van der Waals surface area contributed by atoms with Crippen LogP contribution in [-0.4, -0.2) is 56.9 Å². The van der Waals surface area contributed by atoms with E-state index >= 15 is 0 Å². The minimum absolute atomic E-state index is 0.0376. The van der Waals surface area contributed by atoms with Crippen LogP contribution >= 0.6 is 0 Å². The third-order valence-electron chi connectivity index (χ3n) is 5.06. The van der Waals surface area contributed by atoms with Crippen LogP contribution in [-0.2, 0) is 11.2 Å². The van der Waals surface area contributed by atoms with Crippen LogP contribution in [0, 0.1) is 12.8 Å². The molecule has 1 unspecified atom stereocenters. The van der Waals surface area contributed by atoms with Crippen molar-refractivity contribution in [1.82, 2.24) is 30.8 Å². The zero-order valence-electron chi connectivity index (χ0n) is 16.1. The van der Waals surface area contributed by atoms with E-state index in [2.05, 4.69) is 25.9 Å². The van der Waals surface area contributed by atoms with Gasteiger partial charge >= 0.3 is 0 Å². The van der Waals surface area contributed by atoms with Gasteiger partial charge in [-0.2, -0.15) is 15.4 Å². The van der Waals surface area contributed by atoms with Crippen LogP contribution in [0.15, 0.2) is 41.1 Å². The summed E-state index contributed by atoms with van der Waals surface area (Å²) in [6.07, 6.45) is 2.75. The molecule has 0 spiro atoms. The number of hydrogen-bond acceptors (Lipinski definition) is 6. The molecule has 0 aliphatic carbocycles. The molecule has 150 valence electrons. The zero-order chi connectivity index (χ0) is 20.2. The number of nitrogens with one attached hydrogen (secondary N) is 2. The summed E-state index contributed by atoms with van der Waals surface area (Å²) < 4.78 is 5.01. The van der Waals surface area contributed by atoms with Crippen LogP contribution in [0.2, 0.25) is 0 Å². The van der Waals surface area contributed by atoms with Crippen LogP contribution in [0.4, 0.5) is 0 Å². The lowest BCUT2D eigenvalue weighted by Gasteiger charge is -2.16. The van der Waals surface area contributed by atoms with Gasteiger partial charge in [-0.25, -0.2) is 0 Å². The quantitative estimate of drug-likeness (QED) is 0.656. The summed E-state index contributed by atoms with van der Waals surface area (Å²) in [5.74, 6) is 0.857. The van der Waals surface area contributed by atoms with Gasteiger partial charge in [-0.3, -0.25) is 9.59 Å². The Morgan fingerprint density at radius 2 is 2.14 bits per heavy atom. The number of nitrogens with zero attached hydrogens (tertiary/aromatic N) is 4. The lowest BCUT2D eigenvalue weighted by Crippen LogP contribution is -2.33. The molecule has 0 saturated carbocycles. The van der Waals surface area contributed by atoms with Gasteiger partial charge in [0, 0.05) is 36.8 Å². The van der Waals surface area contributed by atoms with Crippen molar-refractivity contribution in [2.24, 2.45) is 5.92 Å². The van der Waals surface area contributed by atoms with Gasteiger partial charge in [0.15, 0.2) is 0 Å². The van der Waals surface area contributed by atoms with Crippen LogP contribution in [0.3, 0.4) is 0 Å². The fraction of sp³-hybridized carbons (Fsp3) is 0.350. The van der Waals surface area contributed by atoms with E-state index in [-0.39, 0.29) is 24.2 Å². The van der Waals surface area contributed by atoms with Crippen molar-refractivity contribution in [1.29, 1.82) is 0 Å². The molecule has 1 atom stereocenters. The molecule has 3 aromatic rings. The highest BCUT2D eigenvalue weighted by atomic mass is 16.5. The summed E-state index contributed by atoms with van der Waals surface area (Å²) in [5, 5.41) is 17.2. The molecule has 1 fully saturated rings. The first-order valence-corrected chi connectivity index (χ1v) is 9.53. The van der Waals surface area contributed by atoms with E-state index in [1.807, 2.05) is 17.0 Å². The Kier molecular flexibility index (Phi) is 5.37. The van der Waals surface area contributed by atoms with Crippen molar-refractivity contribution < 1.29 is 14.1 Å². The smallest absolute Gasteiger partial charge is 0.251 e. The Balaban J connectivity index is 1.25. The Hall–Kier alpha value is -3.49. The maximum absolute atomic E-state index is 12.4. The predicted octanol–water partition coefficient (Wildman–Crippen LogP) is 1.59. The molecule has 29 heavy (non-hydrogen) atoms. The topological polar surface area (TPSA) is 117 Å². The average Bonchev–Trinajstić information content (AvgIpc) is 3.48. The number of H-pyrrole nitrogens is 1. The lowest BCUT2D eigenvalue weighted by molar-refractivity contribution is -0.129. The van der Waals surface area contributed by atoms with Gasteiger partial charge < -0.3 is 14.7 Å². The van der Waals surface area contributed by atoms with Gasteiger partial charge in [-0.15, -0.1) is 0 Å². The molecule has 3 heterocycles. The first-order chi connectivity index (χ1) is 14.1. The minimum atomic E-state index is -0.125. The van der Waals surface area contributed by atoms with Crippen LogP contribution in [0.5, 0.6) is 0 Å². The number of carbonyl (C=O) groups is 2. The summed E-state index contributed by atoms with van der Waals surface area (Å²) in [5.41, 5.74) is 2.86. The first kappa shape index (κ1) is 18.9. The molecule has 1 saturated heterocycles. The molecule has 2 aromatic heterocycles. The molecule has 0 radical (unpaired) electrons. The van der Waals surface area contributed by atoms with Crippen molar-refractivity contribution in [3.63, 3.8) is 0 Å². The molecule has 9 nitrogen and oxygen atoms in total. The number of amides is 2. The first-order valence-electron chi connectivity index (χ1n) is 9.53. The van der Waals surface area contributed by atoms with E-state index in [0.29, 0.717) is 36.7 Å². The summed E-state index contributed by atoms with van der Waals surface area (Å²) in [7, 11) is 0. The molecule has 1 aliphatic rings. The highest BCUT2D eigenvalue weighted by Crippen LogP contribution is 2.18. The number of rotatable bonds is 6. The molecule has 4 rings (SSSR count). The number of aromatic amines is 1. The summed E-state index contributed by atoms with van der Waals surface area (Å²) >= 11 is 0. The molecular formula is C20H22N6O3. The highest BCUT2D eigenvalue weighted by Gasteiger charge is 2.27. The summed E-state index contributed by atoms with van der Waals surface area (Å²) in [6.45, 7) is 3.68. The van der Waals surface area contributed by atoms with Gasteiger partial charge in [-0.05, 0) is 31.4 Å². The number of aryl methyl sites for hydroxylation is 1. The largest absolute Gasteiger partial charge is 0.361 e. The molecule has 1 aliphatic heterocycles. The van der Waals surface area contributed by atoms with Crippen molar-refractivity contribution >= 4 is 11.8 Å². The number of likely N-dealkylation sites (tertiary alicyclic amines) is 1. The zero-order valence-corrected chi connectivity index (χ0v) is 16.1. The van der Waals surface area contributed by atoms with Gasteiger partial charge in [0.25, 0.3) is 5.91 Å². The number of carbonyl (C=O) groups excluding carboxylic acids is 2. The van der Waals surface area contributed by atoms with Crippen LogP contribution in [0.25, 0.3) is 11.3 Å². The summed E-state index contributed by atoms with van der Waals surface area (Å²) in [6, 6.07) is 9.00. The number of aromatic nitrogens is 4. The van der Waals surface area contributed by atoms with Gasteiger partial charge in [0.1, 0.15) is 11.5 Å². The molecular weight excluding hydrogens is 372 g/mol. The van der Waals surface area contributed by atoms with Crippen molar-refractivity contribution in [3.8, 4) is 11.3 Å². The molecule has 2 N–H and O–H groups in total. The van der Waals surface area contributed by atoms with Gasteiger partial charge in [0.2, 0.25) is 5.91 Å². The molecule has 2 amide bonds. The highest BCUT2D eigenvalue weighted by molar-refractivity contribution is 5.94. The van der Waals surface area contributed by atoms with Gasteiger partial charge in [-0.1, -0.05) is 17.3 Å². The maximum Gasteiger partial charge on any atom is 0.251 e.